The van der Waals surface area contributed by atoms with Gasteiger partial charge in [-0.3, -0.25) is 9.59 Å². The lowest BCUT2D eigenvalue weighted by Gasteiger charge is -2.18. The zero-order valence-electron chi connectivity index (χ0n) is 33.4. The average Bonchev–Trinajstić information content (AvgIpc) is 3.86. The van der Waals surface area contributed by atoms with Crippen molar-refractivity contribution in [1.29, 1.82) is 0 Å². The minimum Gasteiger partial charge on any atom is -0.465 e. The standard InChI is InChI=1S/C44H84O5/c1-5-9-12-14-21-27-34-41-42(49-41)35-28-22-19-24-30-37-44(46)48-40(32-25-13-10-6-2)33-26-20-17-15-16-18-23-29-36-43(45)47-38-39(8-4)31-11-7-3/h39-42H,5-38H2,1-4H3. The maximum atomic E-state index is 12.7. The molecular weight excluding hydrogens is 608 g/mol. The number of carbonyl (C=O) groups is 2. The van der Waals surface area contributed by atoms with Crippen LogP contribution in [0.5, 0.6) is 0 Å². The van der Waals surface area contributed by atoms with Crippen LogP contribution in [0.1, 0.15) is 240 Å². The van der Waals surface area contributed by atoms with Crippen molar-refractivity contribution >= 4 is 11.9 Å². The van der Waals surface area contributed by atoms with Crippen LogP contribution in [0, 0.1) is 5.92 Å². The van der Waals surface area contributed by atoms with Gasteiger partial charge in [0, 0.05) is 12.8 Å². The van der Waals surface area contributed by atoms with Crippen molar-refractivity contribution in [2.75, 3.05) is 6.61 Å². The maximum absolute atomic E-state index is 12.7. The van der Waals surface area contributed by atoms with Crippen molar-refractivity contribution in [1.82, 2.24) is 0 Å². The normalized spacial score (nSPS) is 16.8. The second-order valence-corrected chi connectivity index (χ2v) is 15.5. The van der Waals surface area contributed by atoms with Crippen molar-refractivity contribution in [2.45, 2.75) is 258 Å². The Morgan fingerprint density at radius 1 is 0.490 bits per heavy atom. The number of hydrogen-bond donors (Lipinski definition) is 0. The number of hydrogen-bond acceptors (Lipinski definition) is 5. The molecule has 1 saturated heterocycles. The fraction of sp³-hybridized carbons (Fsp3) is 0.955. The van der Waals surface area contributed by atoms with Gasteiger partial charge in [-0.05, 0) is 63.7 Å². The van der Waals surface area contributed by atoms with Crippen molar-refractivity contribution in [3.63, 3.8) is 0 Å². The molecule has 1 aliphatic rings. The van der Waals surface area contributed by atoms with E-state index in [9.17, 15) is 9.59 Å². The molecule has 1 rings (SSSR count). The summed E-state index contributed by atoms with van der Waals surface area (Å²) in [5.74, 6) is 0.537. The third kappa shape index (κ3) is 29.2. The lowest BCUT2D eigenvalue weighted by molar-refractivity contribution is -0.150. The zero-order valence-corrected chi connectivity index (χ0v) is 33.4. The molecular formula is C44H84O5. The highest BCUT2D eigenvalue weighted by Crippen LogP contribution is 2.32. The monoisotopic (exact) mass is 693 g/mol. The fourth-order valence-corrected chi connectivity index (χ4v) is 7.15. The van der Waals surface area contributed by atoms with E-state index in [0.717, 1.165) is 51.4 Å². The molecule has 1 heterocycles. The molecule has 0 radical (unpaired) electrons. The summed E-state index contributed by atoms with van der Waals surface area (Å²) in [6.45, 7) is 9.53. The Hall–Kier alpha value is -1.10. The van der Waals surface area contributed by atoms with Gasteiger partial charge in [0.25, 0.3) is 0 Å². The van der Waals surface area contributed by atoms with Gasteiger partial charge in [-0.25, -0.2) is 0 Å². The van der Waals surface area contributed by atoms with Gasteiger partial charge >= 0.3 is 11.9 Å². The summed E-state index contributed by atoms with van der Waals surface area (Å²) < 4.78 is 17.5. The summed E-state index contributed by atoms with van der Waals surface area (Å²) in [5.41, 5.74) is 0. The Morgan fingerprint density at radius 2 is 0.918 bits per heavy atom. The minimum atomic E-state index is -0.0123. The number of esters is 2. The number of unbranched alkanes of at least 4 members (excludes halogenated alkanes) is 20. The fourth-order valence-electron chi connectivity index (χ4n) is 7.15. The topological polar surface area (TPSA) is 65.1 Å². The number of carbonyl (C=O) groups excluding carboxylic acids is 2. The van der Waals surface area contributed by atoms with Crippen LogP contribution in [-0.2, 0) is 23.8 Å². The Bertz CT molecular complexity index is 739. The van der Waals surface area contributed by atoms with Gasteiger partial charge in [0.15, 0.2) is 0 Å². The first-order valence-electron chi connectivity index (χ1n) is 22.0. The van der Waals surface area contributed by atoms with Crippen LogP contribution in [0.25, 0.3) is 0 Å². The van der Waals surface area contributed by atoms with Crippen LogP contribution in [0.15, 0.2) is 0 Å². The molecule has 0 aliphatic carbocycles. The second-order valence-electron chi connectivity index (χ2n) is 15.5. The molecule has 1 aliphatic heterocycles. The number of rotatable bonds is 38. The van der Waals surface area contributed by atoms with Gasteiger partial charge in [0.2, 0.25) is 0 Å². The summed E-state index contributed by atoms with van der Waals surface area (Å²) in [4.78, 5) is 24.8. The molecule has 0 aromatic heterocycles. The van der Waals surface area contributed by atoms with Gasteiger partial charge in [0.1, 0.15) is 6.10 Å². The van der Waals surface area contributed by atoms with E-state index in [1.165, 1.54) is 148 Å². The molecule has 5 nitrogen and oxygen atoms in total. The molecule has 0 aromatic carbocycles. The predicted molar refractivity (Wildman–Crippen MR) is 208 cm³/mol. The Balaban J connectivity index is 2.04. The molecule has 0 saturated carbocycles. The van der Waals surface area contributed by atoms with E-state index in [4.69, 9.17) is 14.2 Å². The highest BCUT2D eigenvalue weighted by Gasteiger charge is 2.36. The van der Waals surface area contributed by atoms with E-state index < -0.39 is 0 Å². The lowest BCUT2D eigenvalue weighted by atomic mass is 10.0. The summed E-state index contributed by atoms with van der Waals surface area (Å²) in [7, 11) is 0. The lowest BCUT2D eigenvalue weighted by Crippen LogP contribution is -2.18. The Morgan fingerprint density at radius 3 is 1.43 bits per heavy atom. The van der Waals surface area contributed by atoms with E-state index in [1.54, 1.807) is 0 Å². The maximum Gasteiger partial charge on any atom is 0.306 e. The smallest absolute Gasteiger partial charge is 0.306 e. The second kappa shape index (κ2) is 34.0. The summed E-state index contributed by atoms with van der Waals surface area (Å²) in [6, 6.07) is 0. The molecule has 4 unspecified atom stereocenters. The summed E-state index contributed by atoms with van der Waals surface area (Å²) in [5, 5.41) is 0. The average molecular weight is 693 g/mol. The predicted octanol–water partition coefficient (Wildman–Crippen LogP) is 13.8. The number of epoxide rings is 1. The Labute approximate surface area is 305 Å². The first kappa shape index (κ1) is 45.9. The third-order valence-electron chi connectivity index (χ3n) is 10.8. The molecule has 5 heteroatoms. The molecule has 290 valence electrons. The van der Waals surface area contributed by atoms with Crippen molar-refractivity contribution in [3.8, 4) is 0 Å². The largest absolute Gasteiger partial charge is 0.465 e. The van der Waals surface area contributed by atoms with Crippen LogP contribution >= 0.6 is 0 Å². The first-order chi connectivity index (χ1) is 24.0. The van der Waals surface area contributed by atoms with Crippen molar-refractivity contribution in [2.24, 2.45) is 5.92 Å². The van der Waals surface area contributed by atoms with Crippen LogP contribution in [0.4, 0.5) is 0 Å². The molecule has 49 heavy (non-hydrogen) atoms. The van der Waals surface area contributed by atoms with E-state index in [1.807, 2.05) is 0 Å². The summed E-state index contributed by atoms with van der Waals surface area (Å²) in [6.07, 6.45) is 39.9. The molecule has 0 spiro atoms. The molecule has 0 bridgehead atoms. The highest BCUT2D eigenvalue weighted by molar-refractivity contribution is 5.69. The molecule has 0 aromatic rings. The van der Waals surface area contributed by atoms with Crippen LogP contribution in [-0.4, -0.2) is 36.9 Å². The SMILES string of the molecule is CCCCCCCCC1OC1CCCCCCCC(=O)OC(CCCCCC)CCCCCCCCCCC(=O)OCC(CC)CCCC. The molecule has 0 amide bonds. The van der Waals surface area contributed by atoms with E-state index in [-0.39, 0.29) is 18.0 Å². The van der Waals surface area contributed by atoms with Gasteiger partial charge < -0.3 is 14.2 Å². The molecule has 4 atom stereocenters. The van der Waals surface area contributed by atoms with E-state index in [2.05, 4.69) is 27.7 Å². The highest BCUT2D eigenvalue weighted by atomic mass is 16.6. The van der Waals surface area contributed by atoms with E-state index >= 15 is 0 Å². The third-order valence-corrected chi connectivity index (χ3v) is 10.8. The van der Waals surface area contributed by atoms with Gasteiger partial charge in [0.05, 0.1) is 18.8 Å². The molecule has 1 fully saturated rings. The van der Waals surface area contributed by atoms with Gasteiger partial charge in [-0.2, -0.15) is 0 Å². The van der Waals surface area contributed by atoms with Gasteiger partial charge in [-0.15, -0.1) is 0 Å². The minimum absolute atomic E-state index is 0.0123. The quantitative estimate of drug-likeness (QED) is 0.0366. The summed E-state index contributed by atoms with van der Waals surface area (Å²) >= 11 is 0. The van der Waals surface area contributed by atoms with Crippen molar-refractivity contribution in [3.05, 3.63) is 0 Å². The Kier molecular flexibility index (Phi) is 31.9. The van der Waals surface area contributed by atoms with Crippen LogP contribution in [0.3, 0.4) is 0 Å². The van der Waals surface area contributed by atoms with Crippen LogP contribution in [0.2, 0.25) is 0 Å². The number of ether oxygens (including phenoxy) is 3. The first-order valence-corrected chi connectivity index (χ1v) is 22.0. The zero-order chi connectivity index (χ0) is 35.6. The molecule has 0 N–H and O–H groups in total. The van der Waals surface area contributed by atoms with Crippen LogP contribution < -0.4 is 0 Å². The van der Waals surface area contributed by atoms with Crippen molar-refractivity contribution < 1.29 is 23.8 Å². The van der Waals surface area contributed by atoms with E-state index in [0.29, 0.717) is 37.6 Å². The van der Waals surface area contributed by atoms with Gasteiger partial charge in [-0.1, -0.05) is 169 Å².